The lowest BCUT2D eigenvalue weighted by atomic mass is 10.2. The Morgan fingerprint density at radius 1 is 1.17 bits per heavy atom. The topological polar surface area (TPSA) is 89.3 Å². The molecule has 0 atom stereocenters. The van der Waals surface area contributed by atoms with Crippen molar-refractivity contribution in [1.29, 1.82) is 0 Å². The maximum absolute atomic E-state index is 11.9. The molecule has 0 saturated heterocycles. The van der Waals surface area contributed by atoms with Gasteiger partial charge in [-0.25, -0.2) is 13.6 Å². The third-order valence-corrected chi connectivity index (χ3v) is 5.26. The van der Waals surface area contributed by atoms with Crippen LogP contribution in [-0.4, -0.2) is 20.1 Å². The van der Waals surface area contributed by atoms with Gasteiger partial charge in [0.15, 0.2) is 0 Å². The number of benzene rings is 2. The number of aryl methyl sites for hydroxylation is 1. The van der Waals surface area contributed by atoms with E-state index < -0.39 is 10.0 Å². The first-order chi connectivity index (χ1) is 10.9. The molecule has 23 heavy (non-hydrogen) atoms. The SMILES string of the molecule is Cc1ccccc1SCC(=O)NCc1cccc(S(N)(=O)=O)c1. The highest BCUT2D eigenvalue weighted by molar-refractivity contribution is 8.00. The van der Waals surface area contributed by atoms with E-state index in [4.69, 9.17) is 5.14 Å². The van der Waals surface area contributed by atoms with Crippen molar-refractivity contribution in [2.24, 2.45) is 5.14 Å². The molecule has 1 amide bonds. The van der Waals surface area contributed by atoms with Crippen molar-refractivity contribution in [1.82, 2.24) is 5.32 Å². The fourth-order valence-corrected chi connectivity index (χ4v) is 3.39. The van der Waals surface area contributed by atoms with E-state index in [2.05, 4.69) is 5.32 Å². The van der Waals surface area contributed by atoms with E-state index in [-0.39, 0.29) is 17.3 Å². The Labute approximate surface area is 140 Å². The number of primary sulfonamides is 1. The summed E-state index contributed by atoms with van der Waals surface area (Å²) in [6, 6.07) is 14.1. The molecule has 2 rings (SSSR count). The summed E-state index contributed by atoms with van der Waals surface area (Å²) in [6.07, 6.45) is 0. The quantitative estimate of drug-likeness (QED) is 0.780. The van der Waals surface area contributed by atoms with Crippen LogP contribution in [-0.2, 0) is 21.4 Å². The van der Waals surface area contributed by atoms with E-state index in [9.17, 15) is 13.2 Å². The fourth-order valence-electron chi connectivity index (χ4n) is 1.95. The summed E-state index contributed by atoms with van der Waals surface area (Å²) in [5.74, 6) is 0.193. The second-order valence-electron chi connectivity index (χ2n) is 5.02. The molecule has 0 fully saturated rings. The average molecular weight is 350 g/mol. The van der Waals surface area contributed by atoms with E-state index in [0.29, 0.717) is 11.3 Å². The number of nitrogens with one attached hydrogen (secondary N) is 1. The molecule has 0 heterocycles. The predicted octanol–water partition coefficient (Wildman–Crippen LogP) is 2.05. The molecule has 2 aromatic carbocycles. The molecule has 0 aliphatic carbocycles. The first-order valence-corrected chi connectivity index (χ1v) is 9.46. The number of sulfonamides is 1. The minimum Gasteiger partial charge on any atom is -0.351 e. The Kier molecular flexibility index (Phi) is 5.81. The lowest BCUT2D eigenvalue weighted by Gasteiger charge is -2.08. The van der Waals surface area contributed by atoms with Gasteiger partial charge < -0.3 is 5.32 Å². The van der Waals surface area contributed by atoms with Gasteiger partial charge in [0.05, 0.1) is 10.6 Å². The minimum atomic E-state index is -3.73. The molecule has 0 spiro atoms. The Balaban J connectivity index is 1.89. The molecule has 0 unspecified atom stereocenters. The highest BCUT2D eigenvalue weighted by atomic mass is 32.2. The van der Waals surface area contributed by atoms with Crippen molar-refractivity contribution in [2.75, 3.05) is 5.75 Å². The highest BCUT2D eigenvalue weighted by Gasteiger charge is 2.09. The van der Waals surface area contributed by atoms with E-state index >= 15 is 0 Å². The van der Waals surface area contributed by atoms with E-state index in [1.165, 1.54) is 23.9 Å². The van der Waals surface area contributed by atoms with Crippen molar-refractivity contribution < 1.29 is 13.2 Å². The molecule has 0 aliphatic heterocycles. The predicted molar refractivity (Wildman–Crippen MR) is 91.6 cm³/mol. The summed E-state index contributed by atoms with van der Waals surface area (Å²) >= 11 is 1.47. The maximum Gasteiger partial charge on any atom is 0.238 e. The summed E-state index contributed by atoms with van der Waals surface area (Å²) in [4.78, 5) is 13.0. The molecule has 0 bridgehead atoms. The van der Waals surface area contributed by atoms with E-state index in [1.807, 2.05) is 31.2 Å². The highest BCUT2D eigenvalue weighted by Crippen LogP contribution is 2.21. The van der Waals surface area contributed by atoms with Crippen LogP contribution in [0.15, 0.2) is 58.3 Å². The molecule has 3 N–H and O–H groups in total. The monoisotopic (exact) mass is 350 g/mol. The molecule has 0 radical (unpaired) electrons. The zero-order valence-corrected chi connectivity index (χ0v) is 14.3. The zero-order valence-electron chi connectivity index (χ0n) is 12.7. The first kappa shape index (κ1) is 17.5. The van der Waals surface area contributed by atoms with Gasteiger partial charge in [0.1, 0.15) is 0 Å². The summed E-state index contributed by atoms with van der Waals surface area (Å²) in [6.45, 7) is 2.26. The largest absolute Gasteiger partial charge is 0.351 e. The lowest BCUT2D eigenvalue weighted by Crippen LogP contribution is -2.24. The molecule has 7 heteroatoms. The van der Waals surface area contributed by atoms with Crippen LogP contribution in [0.2, 0.25) is 0 Å². The Hall–Kier alpha value is -1.83. The van der Waals surface area contributed by atoms with Crippen LogP contribution in [0.1, 0.15) is 11.1 Å². The van der Waals surface area contributed by atoms with Gasteiger partial charge in [-0.15, -0.1) is 11.8 Å². The number of hydrogen-bond acceptors (Lipinski definition) is 4. The van der Waals surface area contributed by atoms with Gasteiger partial charge in [-0.1, -0.05) is 30.3 Å². The molecule has 2 aromatic rings. The number of amides is 1. The number of hydrogen-bond donors (Lipinski definition) is 2. The number of rotatable bonds is 6. The van der Waals surface area contributed by atoms with Crippen LogP contribution >= 0.6 is 11.8 Å². The van der Waals surface area contributed by atoms with Crippen molar-refractivity contribution in [3.8, 4) is 0 Å². The molecule has 0 aromatic heterocycles. The fraction of sp³-hybridized carbons (Fsp3) is 0.188. The van der Waals surface area contributed by atoms with Crippen LogP contribution in [0.25, 0.3) is 0 Å². The number of carbonyl (C=O) groups excluding carboxylic acids is 1. The Morgan fingerprint density at radius 3 is 2.61 bits per heavy atom. The van der Waals surface area contributed by atoms with Gasteiger partial charge in [0.2, 0.25) is 15.9 Å². The first-order valence-electron chi connectivity index (χ1n) is 6.93. The van der Waals surface area contributed by atoms with Gasteiger partial charge in [-0.3, -0.25) is 4.79 Å². The lowest BCUT2D eigenvalue weighted by molar-refractivity contribution is -0.118. The van der Waals surface area contributed by atoms with Crippen LogP contribution in [0.3, 0.4) is 0 Å². The number of nitrogens with two attached hydrogens (primary N) is 1. The third kappa shape index (κ3) is 5.38. The minimum absolute atomic E-state index is 0.0403. The summed E-state index contributed by atoms with van der Waals surface area (Å²) < 4.78 is 22.6. The standard InChI is InChI=1S/C16H18N2O3S2/c1-12-5-2-3-8-15(12)22-11-16(19)18-10-13-6-4-7-14(9-13)23(17,20)21/h2-9H,10-11H2,1H3,(H,18,19)(H2,17,20,21). The molecular formula is C16H18N2O3S2. The third-order valence-electron chi connectivity index (χ3n) is 3.17. The van der Waals surface area contributed by atoms with Crippen LogP contribution in [0.5, 0.6) is 0 Å². The van der Waals surface area contributed by atoms with E-state index in [1.54, 1.807) is 12.1 Å². The summed E-state index contributed by atoms with van der Waals surface area (Å²) in [5.41, 5.74) is 1.82. The number of carbonyl (C=O) groups is 1. The van der Waals surface area contributed by atoms with Crippen LogP contribution < -0.4 is 10.5 Å². The summed E-state index contributed by atoms with van der Waals surface area (Å²) in [5, 5.41) is 7.86. The maximum atomic E-state index is 11.9. The van der Waals surface area contributed by atoms with Crippen molar-refractivity contribution in [3.05, 3.63) is 59.7 Å². The number of thioether (sulfide) groups is 1. The van der Waals surface area contributed by atoms with Gasteiger partial charge >= 0.3 is 0 Å². The van der Waals surface area contributed by atoms with Crippen molar-refractivity contribution in [3.63, 3.8) is 0 Å². The Morgan fingerprint density at radius 2 is 1.91 bits per heavy atom. The summed E-state index contributed by atoms with van der Waals surface area (Å²) in [7, 11) is -3.73. The zero-order chi connectivity index (χ0) is 16.9. The smallest absolute Gasteiger partial charge is 0.238 e. The Bertz CT molecular complexity index is 804. The van der Waals surface area contributed by atoms with Gasteiger partial charge in [-0.05, 0) is 36.2 Å². The second kappa shape index (κ2) is 7.63. The van der Waals surface area contributed by atoms with Crippen molar-refractivity contribution in [2.45, 2.75) is 23.3 Å². The van der Waals surface area contributed by atoms with Crippen LogP contribution in [0.4, 0.5) is 0 Å². The second-order valence-corrected chi connectivity index (χ2v) is 7.60. The molecule has 5 nitrogen and oxygen atoms in total. The van der Waals surface area contributed by atoms with Crippen LogP contribution in [0, 0.1) is 6.92 Å². The molecular weight excluding hydrogens is 332 g/mol. The van der Waals surface area contributed by atoms with Gasteiger partial charge in [0, 0.05) is 11.4 Å². The molecule has 122 valence electrons. The van der Waals surface area contributed by atoms with Gasteiger partial charge in [0.25, 0.3) is 0 Å². The average Bonchev–Trinajstić information content (AvgIpc) is 2.51. The molecule has 0 aliphatic rings. The molecule has 0 saturated carbocycles. The normalized spacial score (nSPS) is 11.2. The van der Waals surface area contributed by atoms with Crippen molar-refractivity contribution >= 4 is 27.7 Å². The van der Waals surface area contributed by atoms with E-state index in [0.717, 1.165) is 10.5 Å². The van der Waals surface area contributed by atoms with Gasteiger partial charge in [-0.2, -0.15) is 0 Å².